The molecule has 0 bridgehead atoms. The van der Waals surface area contributed by atoms with E-state index in [9.17, 15) is 14.3 Å². The number of aliphatic hydroxyl groups is 1. The van der Waals surface area contributed by atoms with E-state index in [4.69, 9.17) is 9.72 Å². The highest BCUT2D eigenvalue weighted by molar-refractivity contribution is 5.77. The smallest absolute Gasteiger partial charge is 0.278 e. The van der Waals surface area contributed by atoms with E-state index in [1.807, 2.05) is 18.2 Å². The summed E-state index contributed by atoms with van der Waals surface area (Å²) < 4.78 is 21.6. The third-order valence-electron chi connectivity index (χ3n) is 8.52. The number of halogens is 1. The molecular weight excluding hydrogens is 563 g/mol. The fourth-order valence-corrected chi connectivity index (χ4v) is 6.09. The fraction of sp³-hybridized carbons (Fsp3) is 0.500. The van der Waals surface area contributed by atoms with Crippen molar-refractivity contribution >= 4 is 28.4 Å². The van der Waals surface area contributed by atoms with Crippen molar-refractivity contribution in [2.45, 2.75) is 45.3 Å². The monoisotopic (exact) mass is 604 g/mol. The maximum absolute atomic E-state index is 13.5. The summed E-state index contributed by atoms with van der Waals surface area (Å²) in [7, 11) is 0. The zero-order valence-electron chi connectivity index (χ0n) is 25.6. The van der Waals surface area contributed by atoms with Crippen LogP contribution < -0.4 is 15.8 Å². The molecule has 0 spiro atoms. The minimum Gasteiger partial charge on any atom is -0.384 e. The van der Waals surface area contributed by atoms with Crippen LogP contribution in [0.25, 0.3) is 16.9 Å². The Kier molecular flexibility index (Phi) is 8.66. The number of hydrogen-bond acceptors (Lipinski definition) is 9. The molecule has 11 nitrogen and oxygen atoms in total. The lowest BCUT2D eigenvalue weighted by atomic mass is 9.97. The number of rotatable bonds is 11. The fourth-order valence-electron chi connectivity index (χ4n) is 6.09. The average molecular weight is 605 g/mol. The molecule has 0 radical (unpaired) electrons. The van der Waals surface area contributed by atoms with Gasteiger partial charge in [0.1, 0.15) is 23.7 Å². The maximum atomic E-state index is 13.5. The normalized spacial score (nSPS) is 18.0. The molecule has 234 valence electrons. The van der Waals surface area contributed by atoms with Gasteiger partial charge in [-0.25, -0.2) is 23.7 Å². The summed E-state index contributed by atoms with van der Waals surface area (Å²) in [5.41, 5.74) is 1.47. The van der Waals surface area contributed by atoms with Crippen molar-refractivity contribution in [2.75, 3.05) is 62.8 Å². The Morgan fingerprint density at radius 1 is 1.16 bits per heavy atom. The first kappa shape index (κ1) is 30.2. The number of fused-ring (bicyclic) bond motifs is 1. The van der Waals surface area contributed by atoms with E-state index in [2.05, 4.69) is 44.1 Å². The number of benzene rings is 1. The SMILES string of the molecule is CCN(CC1CCCN(CCF)C1)c1ccc(Nc2ncc3c(=O)n(C4COC4)n(-c4cccc(C(C)(C)O)n4)c3n2)cc1. The number of pyridine rings is 1. The van der Waals surface area contributed by atoms with E-state index >= 15 is 0 Å². The first-order chi connectivity index (χ1) is 21.2. The van der Waals surface area contributed by atoms with Crippen molar-refractivity contribution < 1.29 is 14.2 Å². The van der Waals surface area contributed by atoms with Crippen molar-refractivity contribution in [2.24, 2.45) is 5.92 Å². The van der Waals surface area contributed by atoms with E-state index in [0.717, 1.165) is 50.4 Å². The predicted octanol–water partition coefficient (Wildman–Crippen LogP) is 4.03. The van der Waals surface area contributed by atoms with Gasteiger partial charge in [0.25, 0.3) is 5.56 Å². The van der Waals surface area contributed by atoms with Gasteiger partial charge in [-0.3, -0.25) is 4.79 Å². The topological polar surface area (TPSA) is 114 Å². The molecule has 1 unspecified atom stereocenters. The molecule has 0 amide bonds. The van der Waals surface area contributed by atoms with Gasteiger partial charge >= 0.3 is 0 Å². The van der Waals surface area contributed by atoms with Crippen LogP contribution in [0.5, 0.6) is 0 Å². The minimum atomic E-state index is -1.16. The van der Waals surface area contributed by atoms with Gasteiger partial charge in [0.05, 0.1) is 18.9 Å². The van der Waals surface area contributed by atoms with Crippen LogP contribution in [0.4, 0.5) is 21.7 Å². The molecule has 2 N–H and O–H groups in total. The van der Waals surface area contributed by atoms with Crippen LogP contribution in [0, 0.1) is 5.92 Å². The minimum absolute atomic E-state index is 0.157. The summed E-state index contributed by atoms with van der Waals surface area (Å²) >= 11 is 0. The number of ether oxygens (including phenoxy) is 1. The summed E-state index contributed by atoms with van der Waals surface area (Å²) in [5.74, 6) is 1.34. The van der Waals surface area contributed by atoms with E-state index in [1.165, 1.54) is 0 Å². The number of anilines is 3. The molecule has 1 atom stereocenters. The lowest BCUT2D eigenvalue weighted by Crippen LogP contribution is -2.41. The third-order valence-corrected chi connectivity index (χ3v) is 8.52. The molecular formula is C32H41FN8O3. The molecule has 0 aliphatic carbocycles. The number of alkyl halides is 1. The van der Waals surface area contributed by atoms with Gasteiger partial charge in [-0.1, -0.05) is 6.07 Å². The average Bonchev–Trinajstić information content (AvgIpc) is 3.26. The van der Waals surface area contributed by atoms with Crippen molar-refractivity contribution in [3.8, 4) is 5.82 Å². The Labute approximate surface area is 256 Å². The lowest BCUT2D eigenvalue weighted by molar-refractivity contribution is -0.0326. The molecule has 4 aromatic rings. The van der Waals surface area contributed by atoms with Crippen LogP contribution >= 0.6 is 0 Å². The first-order valence-electron chi connectivity index (χ1n) is 15.4. The summed E-state index contributed by atoms with van der Waals surface area (Å²) in [6.07, 6.45) is 3.82. The number of aromatic nitrogens is 5. The Morgan fingerprint density at radius 2 is 1.95 bits per heavy atom. The Morgan fingerprint density at radius 3 is 2.64 bits per heavy atom. The van der Waals surface area contributed by atoms with Gasteiger partial charge in [0.2, 0.25) is 5.95 Å². The van der Waals surface area contributed by atoms with E-state index < -0.39 is 5.60 Å². The highest BCUT2D eigenvalue weighted by Gasteiger charge is 2.30. The molecule has 2 fully saturated rings. The Bertz CT molecular complexity index is 1640. The first-order valence-corrected chi connectivity index (χ1v) is 15.4. The van der Waals surface area contributed by atoms with Crippen molar-refractivity contribution in [1.82, 2.24) is 29.2 Å². The third kappa shape index (κ3) is 6.19. The standard InChI is InChI=1S/C32H41FN8O3/c1-4-39(19-22-7-6-15-38(18-22)16-14-33)24-12-10-23(11-13-24)35-31-34-17-26-29(37-31)41(40(30(26)42)25-20-44-21-25)28-9-5-8-27(36-28)32(2,3)43/h5,8-13,17,22,25,43H,4,6-7,14-16,18-21H2,1-3H3,(H,34,35,37). The van der Waals surface area contributed by atoms with Crippen LogP contribution in [0.15, 0.2) is 53.5 Å². The van der Waals surface area contributed by atoms with Gasteiger partial charge in [0.15, 0.2) is 11.5 Å². The molecule has 2 aliphatic heterocycles. The molecule has 44 heavy (non-hydrogen) atoms. The zero-order chi connectivity index (χ0) is 30.8. The van der Waals surface area contributed by atoms with Gasteiger partial charge in [-0.2, -0.15) is 4.98 Å². The summed E-state index contributed by atoms with van der Waals surface area (Å²) in [6.45, 7) is 10.3. The summed E-state index contributed by atoms with van der Waals surface area (Å²) in [6, 6.07) is 13.4. The number of nitrogens with one attached hydrogen (secondary N) is 1. The molecule has 2 saturated heterocycles. The zero-order valence-corrected chi connectivity index (χ0v) is 25.6. The highest BCUT2D eigenvalue weighted by atomic mass is 19.1. The van der Waals surface area contributed by atoms with E-state index in [1.54, 1.807) is 41.5 Å². The van der Waals surface area contributed by atoms with Crippen LogP contribution in [0.1, 0.15) is 45.3 Å². The number of nitrogens with zero attached hydrogens (tertiary/aromatic N) is 7. The van der Waals surface area contributed by atoms with Crippen molar-refractivity contribution in [3.63, 3.8) is 0 Å². The number of hydrogen-bond donors (Lipinski definition) is 2. The van der Waals surface area contributed by atoms with Crippen molar-refractivity contribution in [3.05, 3.63) is 64.7 Å². The number of likely N-dealkylation sites (tertiary alicyclic amines) is 1. The van der Waals surface area contributed by atoms with Gasteiger partial charge < -0.3 is 25.0 Å². The Balaban J connectivity index is 1.26. The second-order valence-corrected chi connectivity index (χ2v) is 12.2. The summed E-state index contributed by atoms with van der Waals surface area (Å²) in [5, 5.41) is 14.3. The van der Waals surface area contributed by atoms with Gasteiger partial charge in [-0.15, -0.1) is 0 Å². The molecule has 5 heterocycles. The van der Waals surface area contributed by atoms with Crippen LogP contribution in [0.2, 0.25) is 0 Å². The summed E-state index contributed by atoms with van der Waals surface area (Å²) in [4.78, 5) is 32.0. The molecule has 0 saturated carbocycles. The maximum Gasteiger partial charge on any atom is 0.278 e. The molecule has 6 rings (SSSR count). The molecule has 1 aromatic carbocycles. The highest BCUT2D eigenvalue weighted by Crippen LogP contribution is 2.27. The quantitative estimate of drug-likeness (QED) is 0.262. The van der Waals surface area contributed by atoms with E-state index in [-0.39, 0.29) is 18.3 Å². The lowest BCUT2D eigenvalue weighted by Gasteiger charge is -2.35. The largest absolute Gasteiger partial charge is 0.384 e. The predicted molar refractivity (Wildman–Crippen MR) is 169 cm³/mol. The molecule has 3 aromatic heterocycles. The van der Waals surface area contributed by atoms with Gasteiger partial charge in [-0.05, 0) is 82.5 Å². The van der Waals surface area contributed by atoms with Crippen LogP contribution in [0.3, 0.4) is 0 Å². The Hall–Kier alpha value is -3.87. The second kappa shape index (κ2) is 12.6. The molecule has 12 heteroatoms. The van der Waals surface area contributed by atoms with Crippen LogP contribution in [-0.4, -0.2) is 86.9 Å². The van der Waals surface area contributed by atoms with Crippen molar-refractivity contribution in [1.29, 1.82) is 0 Å². The van der Waals surface area contributed by atoms with E-state index in [0.29, 0.717) is 54.2 Å². The van der Waals surface area contributed by atoms with Gasteiger partial charge in [0, 0.05) is 43.8 Å². The number of piperidine rings is 1. The second-order valence-electron chi connectivity index (χ2n) is 12.2. The molecule has 2 aliphatic rings. The van der Waals surface area contributed by atoms with Crippen LogP contribution in [-0.2, 0) is 10.3 Å².